The van der Waals surface area contributed by atoms with Crippen LogP contribution in [0.1, 0.15) is 34.1 Å². The van der Waals surface area contributed by atoms with Gasteiger partial charge in [0.05, 0.1) is 0 Å². The van der Waals surface area contributed by atoms with Crippen LogP contribution in [0.4, 0.5) is 0 Å². The fourth-order valence-electron chi connectivity index (χ4n) is 5.37. The van der Waals surface area contributed by atoms with Crippen LogP contribution in [0.3, 0.4) is 0 Å². The van der Waals surface area contributed by atoms with Gasteiger partial charge < -0.3 is 4.12 Å². The van der Waals surface area contributed by atoms with Crippen LogP contribution in [0.25, 0.3) is 0 Å². The molecule has 0 fully saturated rings. The smallest absolute Gasteiger partial charge is 0.178 e. The lowest BCUT2D eigenvalue weighted by molar-refractivity contribution is 0.524. The van der Waals surface area contributed by atoms with Crippen molar-refractivity contribution >= 4 is 16.6 Å². The summed E-state index contributed by atoms with van der Waals surface area (Å²) in [5, 5.41) is 0. The summed E-state index contributed by atoms with van der Waals surface area (Å²) in [6.07, 6.45) is 0. The first kappa shape index (κ1) is 25.4. The minimum atomic E-state index is -2.18. The van der Waals surface area contributed by atoms with Crippen molar-refractivity contribution in [3.05, 3.63) is 144 Å². The summed E-state index contributed by atoms with van der Waals surface area (Å²) in [6.45, 7) is 9.53. The van der Waals surface area contributed by atoms with Gasteiger partial charge in [-0.25, -0.2) is 0 Å². The Kier molecular flexibility index (Phi) is 8.22. The molecule has 0 heterocycles. The van der Waals surface area contributed by atoms with Crippen LogP contribution in [0.5, 0.6) is 0 Å². The van der Waals surface area contributed by atoms with Crippen LogP contribution in [0, 0.1) is 0 Å². The molecule has 0 aliphatic heterocycles. The molecule has 0 spiro atoms. The number of benzene rings is 4. The third-order valence-electron chi connectivity index (χ3n) is 6.63. The first-order chi connectivity index (χ1) is 16.8. The van der Waals surface area contributed by atoms with Crippen LogP contribution in [0.15, 0.2) is 121 Å². The van der Waals surface area contributed by atoms with E-state index in [1.165, 1.54) is 22.3 Å². The van der Waals surface area contributed by atoms with Gasteiger partial charge in [0.1, 0.15) is 0 Å². The third-order valence-corrected chi connectivity index (χ3v) is 13.6. The highest BCUT2D eigenvalue weighted by molar-refractivity contribution is 6.85. The van der Waals surface area contributed by atoms with Gasteiger partial charge in [-0.3, -0.25) is 0 Å². The molecular weight excluding hydrogens is 457 g/mol. The van der Waals surface area contributed by atoms with Crippen molar-refractivity contribution in [2.24, 2.45) is 0 Å². The number of rotatable bonds is 10. The maximum atomic E-state index is 7.25. The predicted molar refractivity (Wildman–Crippen MR) is 155 cm³/mol. The molecule has 0 bridgehead atoms. The highest BCUT2D eigenvalue weighted by Crippen LogP contribution is 2.41. The van der Waals surface area contributed by atoms with Gasteiger partial charge in [-0.15, -0.1) is 0 Å². The van der Waals surface area contributed by atoms with Gasteiger partial charge in [-0.1, -0.05) is 121 Å². The zero-order chi connectivity index (χ0) is 24.7. The Hall–Kier alpha value is -2.73. The van der Waals surface area contributed by atoms with E-state index in [-0.39, 0.29) is 0 Å². The lowest BCUT2D eigenvalue weighted by Crippen LogP contribution is -2.46. The fourth-order valence-corrected chi connectivity index (χ4v) is 14.8. The fraction of sp³-hybridized carbons (Fsp3) is 0.250. The second-order valence-electron chi connectivity index (χ2n) is 10.8. The highest BCUT2D eigenvalue weighted by atomic mass is 28.4. The predicted octanol–water partition coefficient (Wildman–Crippen LogP) is 9.08. The lowest BCUT2D eigenvalue weighted by Gasteiger charge is -2.40. The van der Waals surface area contributed by atoms with Gasteiger partial charge >= 0.3 is 0 Å². The van der Waals surface area contributed by atoms with E-state index in [4.69, 9.17) is 4.12 Å². The third kappa shape index (κ3) is 7.14. The summed E-state index contributed by atoms with van der Waals surface area (Å²) in [5.41, 5.74) is 5.53. The van der Waals surface area contributed by atoms with E-state index in [0.717, 1.165) is 12.1 Å². The summed E-state index contributed by atoms with van der Waals surface area (Å²) < 4.78 is 7.25. The molecule has 1 nitrogen and oxygen atoms in total. The summed E-state index contributed by atoms with van der Waals surface area (Å²) >= 11 is 0. The number of hydrogen-bond donors (Lipinski definition) is 0. The van der Waals surface area contributed by atoms with Crippen LogP contribution < -0.4 is 0 Å². The molecule has 35 heavy (non-hydrogen) atoms. The van der Waals surface area contributed by atoms with E-state index in [2.05, 4.69) is 148 Å². The molecule has 0 atom stereocenters. The van der Waals surface area contributed by atoms with Crippen molar-refractivity contribution < 1.29 is 4.12 Å². The van der Waals surface area contributed by atoms with Gasteiger partial charge in [0.2, 0.25) is 0 Å². The zero-order valence-corrected chi connectivity index (χ0v) is 23.5. The maximum absolute atomic E-state index is 7.25. The highest BCUT2D eigenvalue weighted by Gasteiger charge is 2.40. The van der Waals surface area contributed by atoms with Crippen LogP contribution >= 0.6 is 0 Å². The average molecular weight is 495 g/mol. The second-order valence-corrected chi connectivity index (χ2v) is 19.6. The van der Waals surface area contributed by atoms with Gasteiger partial charge in [0.15, 0.2) is 16.6 Å². The Morgan fingerprint density at radius 3 is 0.943 bits per heavy atom. The van der Waals surface area contributed by atoms with E-state index in [0.29, 0.717) is 11.8 Å². The second kappa shape index (κ2) is 11.3. The van der Waals surface area contributed by atoms with Crippen LogP contribution in [-0.2, 0) is 4.12 Å². The van der Waals surface area contributed by atoms with Gasteiger partial charge in [0.25, 0.3) is 0 Å². The Morgan fingerprint density at radius 1 is 0.457 bits per heavy atom. The van der Waals surface area contributed by atoms with Crippen molar-refractivity contribution in [1.82, 2.24) is 0 Å². The molecule has 4 aromatic rings. The normalized spacial score (nSPS) is 12.3. The summed E-state index contributed by atoms with van der Waals surface area (Å²) in [7, 11) is -3.95. The average Bonchev–Trinajstić information content (AvgIpc) is 2.87. The Bertz CT molecular complexity index is 992. The molecule has 180 valence electrons. The molecule has 0 saturated heterocycles. The molecule has 0 saturated carbocycles. The molecule has 0 N–H and O–H groups in total. The summed E-state index contributed by atoms with van der Waals surface area (Å²) in [5.74, 6) is 0.662. The van der Waals surface area contributed by atoms with Gasteiger partial charge in [0, 0.05) is 11.8 Å². The van der Waals surface area contributed by atoms with E-state index < -0.39 is 16.6 Å². The molecule has 0 aliphatic rings. The molecule has 0 amide bonds. The standard InChI is InChI=1S/C32H38OSi2/c1-34(2,3)33-35(4,25-31(27-17-9-5-10-18-27)28-19-11-6-12-20-28)26-32(29-21-13-7-14-22-29)30-23-15-8-16-24-30/h5-24,31-32H,25-26H2,1-4H3. The molecule has 0 aromatic heterocycles. The first-order valence-electron chi connectivity index (χ1n) is 12.7. The molecular formula is C32H38OSi2. The Morgan fingerprint density at radius 2 is 0.714 bits per heavy atom. The van der Waals surface area contributed by atoms with Crippen molar-refractivity contribution in [3.63, 3.8) is 0 Å². The molecule has 4 rings (SSSR count). The van der Waals surface area contributed by atoms with Crippen molar-refractivity contribution in [1.29, 1.82) is 0 Å². The largest absolute Gasteiger partial charge is 0.455 e. The summed E-state index contributed by atoms with van der Waals surface area (Å²) in [4.78, 5) is 0. The molecule has 4 aromatic carbocycles. The van der Waals surface area contributed by atoms with E-state index in [1.807, 2.05) is 0 Å². The Balaban J connectivity index is 1.76. The van der Waals surface area contributed by atoms with Crippen molar-refractivity contribution in [3.8, 4) is 0 Å². The minimum absolute atomic E-state index is 0.331. The topological polar surface area (TPSA) is 9.23 Å². The monoisotopic (exact) mass is 494 g/mol. The van der Waals surface area contributed by atoms with Crippen molar-refractivity contribution in [2.75, 3.05) is 0 Å². The maximum Gasteiger partial charge on any atom is 0.178 e. The quantitative estimate of drug-likeness (QED) is 0.200. The Labute approximate surface area is 214 Å². The van der Waals surface area contributed by atoms with Gasteiger partial charge in [-0.2, -0.15) is 0 Å². The first-order valence-corrected chi connectivity index (χ1v) is 19.0. The van der Waals surface area contributed by atoms with E-state index in [1.54, 1.807) is 0 Å². The minimum Gasteiger partial charge on any atom is -0.455 e. The van der Waals surface area contributed by atoms with E-state index >= 15 is 0 Å². The molecule has 3 heteroatoms. The SMILES string of the molecule is C[Si](C)(C)O[Si](C)(CC(c1ccccc1)c1ccccc1)CC(c1ccccc1)c1ccccc1. The van der Waals surface area contributed by atoms with Crippen molar-refractivity contribution in [2.45, 2.75) is 50.1 Å². The molecule has 0 unspecified atom stereocenters. The lowest BCUT2D eigenvalue weighted by atomic mass is 9.93. The van der Waals surface area contributed by atoms with E-state index in [9.17, 15) is 0 Å². The van der Waals surface area contributed by atoms with Crippen LogP contribution in [-0.4, -0.2) is 16.6 Å². The van der Waals surface area contributed by atoms with Crippen LogP contribution in [0.2, 0.25) is 38.3 Å². The summed E-state index contributed by atoms with van der Waals surface area (Å²) in [6, 6.07) is 46.2. The van der Waals surface area contributed by atoms with Gasteiger partial charge in [-0.05, 0) is 60.5 Å². The zero-order valence-electron chi connectivity index (χ0n) is 21.5. The molecule has 0 radical (unpaired) electrons. The molecule has 0 aliphatic carbocycles. The number of hydrogen-bond acceptors (Lipinski definition) is 1.